The van der Waals surface area contributed by atoms with Crippen LogP contribution in [0.5, 0.6) is 0 Å². The molecule has 0 spiro atoms. The third-order valence-electron chi connectivity index (χ3n) is 2.47. The van der Waals surface area contributed by atoms with Crippen LogP contribution in [0.4, 0.5) is 5.82 Å². The summed E-state index contributed by atoms with van der Waals surface area (Å²) in [6.07, 6.45) is 3.37. The summed E-state index contributed by atoms with van der Waals surface area (Å²) in [5.41, 5.74) is 4.23. The SMILES string of the molecule is Clc1cc(Nn2ccc3ccccc32)ncn1. The van der Waals surface area contributed by atoms with E-state index in [1.165, 1.54) is 11.7 Å². The minimum Gasteiger partial charge on any atom is -0.277 e. The smallest absolute Gasteiger partial charge is 0.149 e. The molecule has 0 saturated heterocycles. The van der Waals surface area contributed by atoms with Crippen LogP contribution in [0.3, 0.4) is 0 Å². The van der Waals surface area contributed by atoms with Gasteiger partial charge in [0.25, 0.3) is 0 Å². The Bertz CT molecular complexity index is 662. The van der Waals surface area contributed by atoms with E-state index >= 15 is 0 Å². The Balaban J connectivity index is 2.00. The van der Waals surface area contributed by atoms with E-state index in [0.717, 1.165) is 5.52 Å². The Morgan fingerprint density at radius 2 is 2.00 bits per heavy atom. The van der Waals surface area contributed by atoms with Gasteiger partial charge in [0.15, 0.2) is 0 Å². The number of hydrogen-bond donors (Lipinski definition) is 1. The van der Waals surface area contributed by atoms with E-state index in [1.807, 2.05) is 35.1 Å². The molecule has 0 radical (unpaired) electrons. The number of para-hydroxylation sites is 1. The molecule has 2 aromatic heterocycles. The number of anilines is 1. The molecule has 0 aliphatic carbocycles. The van der Waals surface area contributed by atoms with Crippen molar-refractivity contribution < 1.29 is 0 Å². The van der Waals surface area contributed by atoms with Crippen LogP contribution >= 0.6 is 11.6 Å². The Hall–Kier alpha value is -2.07. The van der Waals surface area contributed by atoms with Crippen molar-refractivity contribution in [3.05, 3.63) is 54.1 Å². The molecule has 0 aliphatic rings. The zero-order valence-electron chi connectivity index (χ0n) is 8.84. The summed E-state index contributed by atoms with van der Waals surface area (Å²) < 4.78 is 1.90. The Morgan fingerprint density at radius 3 is 2.88 bits per heavy atom. The second-order valence-electron chi connectivity index (χ2n) is 3.58. The minimum absolute atomic E-state index is 0.416. The fraction of sp³-hybridized carbons (Fsp3) is 0. The number of hydrogen-bond acceptors (Lipinski definition) is 3. The van der Waals surface area contributed by atoms with Crippen molar-refractivity contribution in [2.75, 3.05) is 5.43 Å². The van der Waals surface area contributed by atoms with E-state index < -0.39 is 0 Å². The van der Waals surface area contributed by atoms with Crippen LogP contribution in [-0.4, -0.2) is 14.6 Å². The van der Waals surface area contributed by atoms with Crippen molar-refractivity contribution in [1.82, 2.24) is 14.6 Å². The van der Waals surface area contributed by atoms with Crippen molar-refractivity contribution in [2.24, 2.45) is 0 Å². The second-order valence-corrected chi connectivity index (χ2v) is 3.97. The molecule has 1 N–H and O–H groups in total. The van der Waals surface area contributed by atoms with Gasteiger partial charge in [-0.05, 0) is 12.1 Å². The Labute approximate surface area is 103 Å². The summed E-state index contributed by atoms with van der Waals surface area (Å²) in [5, 5.41) is 1.58. The average molecular weight is 245 g/mol. The number of aromatic nitrogens is 3. The molecule has 0 atom stereocenters. The first-order valence-electron chi connectivity index (χ1n) is 5.13. The highest BCUT2D eigenvalue weighted by molar-refractivity contribution is 6.29. The van der Waals surface area contributed by atoms with Gasteiger partial charge in [0, 0.05) is 17.6 Å². The Kier molecular flexibility index (Phi) is 2.42. The molecule has 0 bridgehead atoms. The van der Waals surface area contributed by atoms with E-state index in [9.17, 15) is 0 Å². The normalized spacial score (nSPS) is 10.6. The van der Waals surface area contributed by atoms with E-state index in [4.69, 9.17) is 11.6 Å². The van der Waals surface area contributed by atoms with E-state index in [0.29, 0.717) is 11.0 Å². The Morgan fingerprint density at radius 1 is 1.12 bits per heavy atom. The van der Waals surface area contributed by atoms with Crippen molar-refractivity contribution in [2.45, 2.75) is 0 Å². The zero-order valence-corrected chi connectivity index (χ0v) is 9.59. The lowest BCUT2D eigenvalue weighted by Crippen LogP contribution is -2.08. The van der Waals surface area contributed by atoms with Gasteiger partial charge >= 0.3 is 0 Å². The van der Waals surface area contributed by atoms with Crippen LogP contribution < -0.4 is 5.43 Å². The van der Waals surface area contributed by atoms with Gasteiger partial charge in [-0.1, -0.05) is 29.8 Å². The van der Waals surface area contributed by atoms with Gasteiger partial charge in [-0.2, -0.15) is 0 Å². The van der Waals surface area contributed by atoms with Crippen LogP contribution in [-0.2, 0) is 0 Å². The number of halogens is 1. The molecule has 84 valence electrons. The first-order chi connectivity index (χ1) is 8.33. The fourth-order valence-corrected chi connectivity index (χ4v) is 1.85. The van der Waals surface area contributed by atoms with Crippen LogP contribution in [0.2, 0.25) is 5.15 Å². The minimum atomic E-state index is 0.416. The highest BCUT2D eigenvalue weighted by atomic mass is 35.5. The van der Waals surface area contributed by atoms with Gasteiger partial charge in [0.05, 0.1) is 5.52 Å². The molecular weight excluding hydrogens is 236 g/mol. The summed E-state index contributed by atoms with van der Waals surface area (Å²) >= 11 is 5.80. The van der Waals surface area contributed by atoms with Gasteiger partial charge in [-0.15, -0.1) is 0 Å². The number of nitrogens with zero attached hydrogens (tertiary/aromatic N) is 3. The molecule has 0 unspecified atom stereocenters. The van der Waals surface area contributed by atoms with Gasteiger partial charge in [-0.25, -0.2) is 9.97 Å². The summed E-state index contributed by atoms with van der Waals surface area (Å²) in [4.78, 5) is 7.93. The standard InChI is InChI=1S/C12H9ClN4/c13-11-7-12(15-8-14-11)16-17-6-5-9-3-1-2-4-10(9)17/h1-8H,(H,14,15,16). The number of benzene rings is 1. The van der Waals surface area contributed by atoms with E-state index in [2.05, 4.69) is 21.5 Å². The molecule has 17 heavy (non-hydrogen) atoms. The largest absolute Gasteiger partial charge is 0.277 e. The van der Waals surface area contributed by atoms with Crippen molar-refractivity contribution in [1.29, 1.82) is 0 Å². The third kappa shape index (κ3) is 1.94. The molecular formula is C12H9ClN4. The summed E-state index contributed by atoms with van der Waals surface area (Å²) in [5.74, 6) is 0.659. The first-order valence-corrected chi connectivity index (χ1v) is 5.51. The molecule has 0 amide bonds. The lowest BCUT2D eigenvalue weighted by atomic mass is 10.3. The maximum absolute atomic E-state index is 5.80. The zero-order chi connectivity index (χ0) is 11.7. The van der Waals surface area contributed by atoms with Gasteiger partial charge in [0.2, 0.25) is 0 Å². The molecule has 0 fully saturated rings. The molecule has 3 aromatic rings. The molecule has 2 heterocycles. The van der Waals surface area contributed by atoms with Crippen LogP contribution in [0.25, 0.3) is 10.9 Å². The highest BCUT2D eigenvalue weighted by Crippen LogP contribution is 2.16. The number of fused-ring (bicyclic) bond motifs is 1. The molecule has 4 nitrogen and oxygen atoms in total. The number of nitrogens with one attached hydrogen (secondary N) is 1. The van der Waals surface area contributed by atoms with Crippen molar-refractivity contribution >= 4 is 28.3 Å². The quantitative estimate of drug-likeness (QED) is 0.705. The second kappa shape index (κ2) is 4.07. The summed E-state index contributed by atoms with van der Waals surface area (Å²) in [7, 11) is 0. The average Bonchev–Trinajstić information content (AvgIpc) is 2.73. The van der Waals surface area contributed by atoms with Crippen molar-refractivity contribution in [3.8, 4) is 0 Å². The molecule has 5 heteroatoms. The van der Waals surface area contributed by atoms with E-state index in [-0.39, 0.29) is 0 Å². The lowest BCUT2D eigenvalue weighted by Gasteiger charge is -2.07. The molecule has 3 rings (SSSR count). The van der Waals surface area contributed by atoms with Crippen LogP contribution in [0, 0.1) is 0 Å². The maximum Gasteiger partial charge on any atom is 0.149 e. The van der Waals surface area contributed by atoms with Crippen LogP contribution in [0.15, 0.2) is 48.9 Å². The topological polar surface area (TPSA) is 42.7 Å². The lowest BCUT2D eigenvalue weighted by molar-refractivity contribution is 0.981. The van der Waals surface area contributed by atoms with Gasteiger partial charge in [0.1, 0.15) is 17.3 Å². The number of rotatable bonds is 2. The highest BCUT2D eigenvalue weighted by Gasteiger charge is 2.01. The monoisotopic (exact) mass is 244 g/mol. The van der Waals surface area contributed by atoms with Gasteiger partial charge < -0.3 is 0 Å². The third-order valence-corrected chi connectivity index (χ3v) is 2.67. The van der Waals surface area contributed by atoms with Crippen molar-refractivity contribution in [3.63, 3.8) is 0 Å². The summed E-state index contributed by atoms with van der Waals surface area (Å²) in [6.45, 7) is 0. The predicted molar refractivity (Wildman–Crippen MR) is 68.0 cm³/mol. The van der Waals surface area contributed by atoms with Gasteiger partial charge in [-0.3, -0.25) is 10.1 Å². The maximum atomic E-state index is 5.80. The fourth-order valence-electron chi connectivity index (χ4n) is 1.70. The molecule has 0 aliphatic heterocycles. The molecule has 0 saturated carbocycles. The summed E-state index contributed by atoms with van der Waals surface area (Å²) in [6, 6.07) is 11.8. The van der Waals surface area contributed by atoms with Crippen LogP contribution in [0.1, 0.15) is 0 Å². The molecule has 1 aromatic carbocycles. The predicted octanol–water partition coefficient (Wildman–Crippen LogP) is 2.96. The first kappa shape index (κ1) is 10.1. The van der Waals surface area contributed by atoms with E-state index in [1.54, 1.807) is 6.07 Å².